The third kappa shape index (κ3) is 2.78. The van der Waals surface area contributed by atoms with Crippen LogP contribution in [0.25, 0.3) is 0 Å². The Bertz CT molecular complexity index is 634. The van der Waals surface area contributed by atoms with Crippen molar-refractivity contribution in [2.75, 3.05) is 0 Å². The van der Waals surface area contributed by atoms with Crippen molar-refractivity contribution in [3.8, 4) is 0 Å². The third-order valence-corrected chi connectivity index (χ3v) is 3.88. The zero-order valence-corrected chi connectivity index (χ0v) is 11.6. The van der Waals surface area contributed by atoms with E-state index in [4.69, 9.17) is 11.6 Å². The second kappa shape index (κ2) is 5.53. The van der Waals surface area contributed by atoms with E-state index in [1.165, 1.54) is 18.2 Å². The minimum atomic E-state index is -1.43. The predicted molar refractivity (Wildman–Crippen MR) is 69.5 cm³/mol. The molecule has 2 aromatic carbocycles. The van der Waals surface area contributed by atoms with Gasteiger partial charge in [-0.3, -0.25) is 0 Å². The van der Waals surface area contributed by atoms with E-state index < -0.39 is 23.6 Å². The summed E-state index contributed by atoms with van der Waals surface area (Å²) in [4.78, 5) is 0. The standard InChI is InChI=1S/C13H7BrClF3O/c14-8-3-2-7(12(18)11(8)15)13(19)6-1-4-9(16)10(17)5-6/h1-5,13,19H. The van der Waals surface area contributed by atoms with Gasteiger partial charge in [-0.2, -0.15) is 0 Å². The van der Waals surface area contributed by atoms with Gasteiger partial charge in [-0.1, -0.05) is 23.7 Å². The minimum absolute atomic E-state index is 0.0381. The topological polar surface area (TPSA) is 20.2 Å². The summed E-state index contributed by atoms with van der Waals surface area (Å²) in [5.74, 6) is -2.96. The van der Waals surface area contributed by atoms with E-state index in [-0.39, 0.29) is 16.1 Å². The van der Waals surface area contributed by atoms with Gasteiger partial charge < -0.3 is 5.11 Å². The highest BCUT2D eigenvalue weighted by molar-refractivity contribution is 9.10. The summed E-state index contributed by atoms with van der Waals surface area (Å²) in [6.07, 6.45) is -1.43. The summed E-state index contributed by atoms with van der Waals surface area (Å²) < 4.78 is 40.1. The van der Waals surface area contributed by atoms with E-state index >= 15 is 0 Å². The van der Waals surface area contributed by atoms with Crippen molar-refractivity contribution in [1.29, 1.82) is 0 Å². The normalized spacial score (nSPS) is 12.5. The Hall–Kier alpha value is -1.04. The van der Waals surface area contributed by atoms with Crippen LogP contribution >= 0.6 is 27.5 Å². The second-order valence-electron chi connectivity index (χ2n) is 3.84. The molecule has 1 atom stereocenters. The van der Waals surface area contributed by atoms with E-state index in [1.54, 1.807) is 0 Å². The van der Waals surface area contributed by atoms with Gasteiger partial charge in [-0.25, -0.2) is 13.2 Å². The van der Waals surface area contributed by atoms with E-state index in [9.17, 15) is 18.3 Å². The van der Waals surface area contributed by atoms with Crippen LogP contribution in [0.15, 0.2) is 34.8 Å². The van der Waals surface area contributed by atoms with E-state index in [2.05, 4.69) is 15.9 Å². The maximum atomic E-state index is 13.9. The first-order chi connectivity index (χ1) is 8.91. The Morgan fingerprint density at radius 1 is 1.05 bits per heavy atom. The van der Waals surface area contributed by atoms with Crippen molar-refractivity contribution in [1.82, 2.24) is 0 Å². The van der Waals surface area contributed by atoms with Gasteiger partial charge in [0.05, 0.1) is 5.02 Å². The quantitative estimate of drug-likeness (QED) is 0.784. The first-order valence-electron chi connectivity index (χ1n) is 5.18. The molecule has 2 rings (SSSR count). The van der Waals surface area contributed by atoms with Crippen molar-refractivity contribution in [3.63, 3.8) is 0 Å². The molecule has 0 saturated heterocycles. The molecule has 0 aliphatic heterocycles. The monoisotopic (exact) mass is 350 g/mol. The van der Waals surface area contributed by atoms with Gasteiger partial charge in [0.25, 0.3) is 0 Å². The van der Waals surface area contributed by atoms with Crippen LogP contribution in [0.5, 0.6) is 0 Å². The Labute approximate surface area is 120 Å². The van der Waals surface area contributed by atoms with Crippen LogP contribution in [0.1, 0.15) is 17.2 Å². The molecule has 1 N–H and O–H groups in total. The molecule has 0 aliphatic rings. The van der Waals surface area contributed by atoms with Crippen molar-refractivity contribution in [2.24, 2.45) is 0 Å². The minimum Gasteiger partial charge on any atom is -0.384 e. The van der Waals surface area contributed by atoms with Gasteiger partial charge in [0.2, 0.25) is 0 Å². The third-order valence-electron chi connectivity index (χ3n) is 2.62. The molecule has 0 bridgehead atoms. The summed E-state index contributed by atoms with van der Waals surface area (Å²) in [5.41, 5.74) is -0.0737. The summed E-state index contributed by atoms with van der Waals surface area (Å²) in [6.45, 7) is 0. The lowest BCUT2D eigenvalue weighted by molar-refractivity contribution is 0.214. The lowest BCUT2D eigenvalue weighted by Gasteiger charge is -2.14. The zero-order valence-electron chi connectivity index (χ0n) is 9.30. The average Bonchev–Trinajstić information content (AvgIpc) is 2.39. The van der Waals surface area contributed by atoms with Crippen molar-refractivity contribution >= 4 is 27.5 Å². The van der Waals surface area contributed by atoms with Gasteiger partial charge in [-0.05, 0) is 39.7 Å². The second-order valence-corrected chi connectivity index (χ2v) is 5.07. The van der Waals surface area contributed by atoms with Crippen LogP contribution in [0.2, 0.25) is 5.02 Å². The van der Waals surface area contributed by atoms with Crippen LogP contribution < -0.4 is 0 Å². The Morgan fingerprint density at radius 2 is 1.74 bits per heavy atom. The first kappa shape index (κ1) is 14.4. The molecule has 0 heterocycles. The fourth-order valence-corrected chi connectivity index (χ4v) is 2.09. The van der Waals surface area contributed by atoms with Crippen LogP contribution in [0.4, 0.5) is 13.2 Å². The van der Waals surface area contributed by atoms with E-state index in [1.807, 2.05) is 0 Å². The van der Waals surface area contributed by atoms with Crippen LogP contribution in [-0.4, -0.2) is 5.11 Å². The lowest BCUT2D eigenvalue weighted by Crippen LogP contribution is -2.04. The lowest BCUT2D eigenvalue weighted by atomic mass is 10.0. The summed E-state index contributed by atoms with van der Waals surface area (Å²) in [5, 5.41) is 9.82. The smallest absolute Gasteiger partial charge is 0.159 e. The molecule has 0 amide bonds. The zero-order chi connectivity index (χ0) is 14.2. The fraction of sp³-hybridized carbons (Fsp3) is 0.0769. The number of hydrogen-bond acceptors (Lipinski definition) is 1. The Morgan fingerprint density at radius 3 is 2.37 bits per heavy atom. The van der Waals surface area contributed by atoms with E-state index in [0.29, 0.717) is 4.47 Å². The number of rotatable bonds is 2. The molecule has 1 unspecified atom stereocenters. The maximum Gasteiger partial charge on any atom is 0.159 e. The van der Waals surface area contributed by atoms with Gasteiger partial charge in [-0.15, -0.1) is 0 Å². The summed E-state index contributed by atoms with van der Waals surface area (Å²) in [7, 11) is 0. The maximum absolute atomic E-state index is 13.9. The molecule has 0 aromatic heterocycles. The molecule has 0 radical (unpaired) electrons. The number of aliphatic hydroxyl groups is 1. The SMILES string of the molecule is OC(c1ccc(F)c(F)c1)c1ccc(Br)c(Cl)c1F. The van der Waals surface area contributed by atoms with Gasteiger partial charge >= 0.3 is 0 Å². The number of benzene rings is 2. The van der Waals surface area contributed by atoms with Crippen LogP contribution in [-0.2, 0) is 0 Å². The highest BCUT2D eigenvalue weighted by Gasteiger charge is 2.19. The number of hydrogen-bond donors (Lipinski definition) is 1. The van der Waals surface area contributed by atoms with Gasteiger partial charge in [0.1, 0.15) is 11.9 Å². The predicted octanol–water partition coefficient (Wildman–Crippen LogP) is 4.60. The van der Waals surface area contributed by atoms with Crippen molar-refractivity contribution < 1.29 is 18.3 Å². The van der Waals surface area contributed by atoms with Gasteiger partial charge in [0.15, 0.2) is 11.6 Å². The molecular formula is C13H7BrClF3O. The molecule has 100 valence electrons. The molecule has 6 heteroatoms. The van der Waals surface area contributed by atoms with Crippen LogP contribution in [0, 0.1) is 17.5 Å². The van der Waals surface area contributed by atoms with Crippen molar-refractivity contribution in [3.05, 3.63) is 68.4 Å². The number of aliphatic hydroxyl groups excluding tert-OH is 1. The molecule has 19 heavy (non-hydrogen) atoms. The molecule has 2 aromatic rings. The van der Waals surface area contributed by atoms with Gasteiger partial charge in [0, 0.05) is 10.0 Å². The van der Waals surface area contributed by atoms with E-state index in [0.717, 1.165) is 12.1 Å². The molecule has 0 spiro atoms. The Kier molecular flexibility index (Phi) is 4.18. The highest BCUT2D eigenvalue weighted by Crippen LogP contribution is 2.33. The highest BCUT2D eigenvalue weighted by atomic mass is 79.9. The molecule has 1 nitrogen and oxygen atoms in total. The first-order valence-corrected chi connectivity index (χ1v) is 6.35. The summed E-state index contributed by atoms with van der Waals surface area (Å²) in [6, 6.07) is 5.64. The Balaban J connectivity index is 2.47. The fourth-order valence-electron chi connectivity index (χ4n) is 1.61. The number of halogens is 5. The van der Waals surface area contributed by atoms with Crippen LogP contribution in [0.3, 0.4) is 0 Å². The molecule has 0 saturated carbocycles. The molecule has 0 aliphatic carbocycles. The van der Waals surface area contributed by atoms with Crippen molar-refractivity contribution in [2.45, 2.75) is 6.10 Å². The average molecular weight is 352 g/mol. The molecular weight excluding hydrogens is 344 g/mol. The summed E-state index contributed by atoms with van der Waals surface area (Å²) >= 11 is 8.75. The largest absolute Gasteiger partial charge is 0.384 e. The molecule has 0 fully saturated rings.